The summed E-state index contributed by atoms with van der Waals surface area (Å²) in [4.78, 5) is 25.3. The van der Waals surface area contributed by atoms with Crippen LogP contribution in [-0.4, -0.2) is 29.9 Å². The molecule has 0 spiro atoms. The zero-order chi connectivity index (χ0) is 17.8. The average molecular weight is 343 g/mol. The predicted octanol–water partition coefficient (Wildman–Crippen LogP) is 1.90. The molecule has 2 unspecified atom stereocenters. The number of carbonyl (C=O) groups excluding carboxylic acids is 2. The van der Waals surface area contributed by atoms with E-state index in [1.807, 2.05) is 26.0 Å². The van der Waals surface area contributed by atoms with Gasteiger partial charge >= 0.3 is 0 Å². The minimum absolute atomic E-state index is 0.0496. The average Bonchev–Trinajstić information content (AvgIpc) is 3.11. The third-order valence-corrected chi connectivity index (χ3v) is 5.35. The summed E-state index contributed by atoms with van der Waals surface area (Å²) < 4.78 is 0. The number of nitrogens with one attached hydrogen (secondary N) is 3. The molecular formula is C20H29N3O2. The molecule has 1 aliphatic carbocycles. The molecule has 1 saturated carbocycles. The highest BCUT2D eigenvalue weighted by molar-refractivity contribution is 5.90. The smallest absolute Gasteiger partial charge is 0.243 e. The fourth-order valence-electron chi connectivity index (χ4n) is 3.79. The maximum Gasteiger partial charge on any atom is 0.243 e. The summed E-state index contributed by atoms with van der Waals surface area (Å²) in [6.45, 7) is 4.64. The Balaban J connectivity index is 1.60. The molecule has 3 N–H and O–H groups in total. The summed E-state index contributed by atoms with van der Waals surface area (Å²) in [5, 5.41) is 9.38. The predicted molar refractivity (Wildman–Crippen MR) is 97.9 cm³/mol. The van der Waals surface area contributed by atoms with E-state index in [9.17, 15) is 9.59 Å². The van der Waals surface area contributed by atoms with Gasteiger partial charge in [-0.2, -0.15) is 0 Å². The number of benzene rings is 1. The number of hydrogen-bond acceptors (Lipinski definition) is 3. The van der Waals surface area contributed by atoms with Crippen LogP contribution < -0.4 is 16.0 Å². The second-order valence-electron chi connectivity index (χ2n) is 7.63. The number of amides is 2. The molecule has 1 aromatic rings. The van der Waals surface area contributed by atoms with Gasteiger partial charge in [-0.3, -0.25) is 9.59 Å². The van der Waals surface area contributed by atoms with Gasteiger partial charge in [0.2, 0.25) is 11.8 Å². The second-order valence-corrected chi connectivity index (χ2v) is 7.63. The summed E-state index contributed by atoms with van der Waals surface area (Å²) in [6.07, 6.45) is 5.11. The highest BCUT2D eigenvalue weighted by atomic mass is 16.2. The Bertz CT molecular complexity index is 623. The molecule has 3 rings (SSSR count). The number of rotatable bonds is 5. The highest BCUT2D eigenvalue weighted by Crippen LogP contribution is 2.19. The molecular weight excluding hydrogens is 314 g/mol. The number of carbonyl (C=O) groups is 2. The monoisotopic (exact) mass is 343 g/mol. The zero-order valence-electron chi connectivity index (χ0n) is 15.2. The largest absolute Gasteiger partial charge is 0.352 e. The van der Waals surface area contributed by atoms with Crippen molar-refractivity contribution in [3.8, 4) is 0 Å². The molecule has 5 heteroatoms. The van der Waals surface area contributed by atoms with Crippen LogP contribution in [-0.2, 0) is 22.6 Å². The quantitative estimate of drug-likeness (QED) is 0.765. The summed E-state index contributed by atoms with van der Waals surface area (Å²) in [7, 11) is 0. The van der Waals surface area contributed by atoms with E-state index in [2.05, 4.69) is 28.1 Å². The first-order chi connectivity index (χ1) is 12.0. The molecule has 0 saturated heterocycles. The number of hydrogen-bond donors (Lipinski definition) is 3. The third-order valence-electron chi connectivity index (χ3n) is 5.35. The van der Waals surface area contributed by atoms with Gasteiger partial charge in [0.1, 0.15) is 6.04 Å². The molecule has 2 aliphatic rings. The lowest BCUT2D eigenvalue weighted by Gasteiger charge is -2.29. The topological polar surface area (TPSA) is 70.2 Å². The fraction of sp³-hybridized carbons (Fsp3) is 0.600. The van der Waals surface area contributed by atoms with E-state index in [1.54, 1.807) is 0 Å². The lowest BCUT2D eigenvalue weighted by molar-refractivity contribution is -0.131. The van der Waals surface area contributed by atoms with Crippen LogP contribution in [0.4, 0.5) is 0 Å². The van der Waals surface area contributed by atoms with E-state index in [-0.39, 0.29) is 29.8 Å². The van der Waals surface area contributed by atoms with Crippen molar-refractivity contribution < 1.29 is 9.59 Å². The van der Waals surface area contributed by atoms with Crippen molar-refractivity contribution in [3.05, 3.63) is 35.4 Å². The van der Waals surface area contributed by atoms with Crippen LogP contribution in [0.1, 0.15) is 50.7 Å². The Kier molecular flexibility index (Phi) is 5.74. The SMILES string of the molecule is CC(C)C(NC(=O)C1Cc2ccccc2CN1)C(=O)NC1CCCC1. The van der Waals surface area contributed by atoms with Crippen LogP contribution in [0, 0.1) is 5.92 Å². The molecule has 1 fully saturated rings. The molecule has 2 atom stereocenters. The van der Waals surface area contributed by atoms with Gasteiger partial charge in [0.25, 0.3) is 0 Å². The molecule has 0 radical (unpaired) electrons. The van der Waals surface area contributed by atoms with Crippen molar-refractivity contribution in [2.24, 2.45) is 5.92 Å². The normalized spacial score (nSPS) is 21.6. The molecule has 0 bridgehead atoms. The van der Waals surface area contributed by atoms with Gasteiger partial charge in [0.05, 0.1) is 6.04 Å². The van der Waals surface area contributed by atoms with Gasteiger partial charge < -0.3 is 16.0 Å². The second kappa shape index (κ2) is 8.00. The van der Waals surface area contributed by atoms with Gasteiger partial charge in [-0.15, -0.1) is 0 Å². The van der Waals surface area contributed by atoms with Crippen molar-refractivity contribution in [2.45, 2.75) is 70.6 Å². The van der Waals surface area contributed by atoms with E-state index in [4.69, 9.17) is 0 Å². The fourth-order valence-corrected chi connectivity index (χ4v) is 3.79. The Labute approximate surface area is 150 Å². The van der Waals surface area contributed by atoms with Crippen molar-refractivity contribution in [1.82, 2.24) is 16.0 Å². The summed E-state index contributed by atoms with van der Waals surface area (Å²) in [5.41, 5.74) is 2.45. The minimum atomic E-state index is -0.480. The van der Waals surface area contributed by atoms with E-state index < -0.39 is 6.04 Å². The molecule has 5 nitrogen and oxygen atoms in total. The van der Waals surface area contributed by atoms with Gasteiger partial charge in [0, 0.05) is 12.6 Å². The lowest BCUT2D eigenvalue weighted by Crippen LogP contribution is -2.56. The molecule has 1 heterocycles. The first-order valence-electron chi connectivity index (χ1n) is 9.45. The standard InChI is InChI=1S/C20H29N3O2/c1-13(2)18(20(25)22-16-9-5-6-10-16)23-19(24)17-11-14-7-3-4-8-15(14)12-21-17/h3-4,7-8,13,16-18,21H,5-6,9-12H2,1-2H3,(H,22,25)(H,23,24). The molecule has 1 aliphatic heterocycles. The molecule has 1 aromatic carbocycles. The highest BCUT2D eigenvalue weighted by Gasteiger charge is 2.31. The Morgan fingerprint density at radius 2 is 1.80 bits per heavy atom. The van der Waals surface area contributed by atoms with E-state index >= 15 is 0 Å². The first-order valence-corrected chi connectivity index (χ1v) is 9.45. The van der Waals surface area contributed by atoms with Crippen molar-refractivity contribution >= 4 is 11.8 Å². The third kappa shape index (κ3) is 4.40. The van der Waals surface area contributed by atoms with Crippen molar-refractivity contribution in [3.63, 3.8) is 0 Å². The zero-order valence-corrected chi connectivity index (χ0v) is 15.2. The van der Waals surface area contributed by atoms with Crippen LogP contribution in [0.2, 0.25) is 0 Å². The van der Waals surface area contributed by atoms with Gasteiger partial charge in [0.15, 0.2) is 0 Å². The van der Waals surface area contributed by atoms with Crippen molar-refractivity contribution in [2.75, 3.05) is 0 Å². The Morgan fingerprint density at radius 1 is 1.12 bits per heavy atom. The molecule has 25 heavy (non-hydrogen) atoms. The van der Waals surface area contributed by atoms with Gasteiger partial charge in [-0.25, -0.2) is 0 Å². The molecule has 136 valence electrons. The van der Waals surface area contributed by atoms with Crippen LogP contribution in [0.15, 0.2) is 24.3 Å². The van der Waals surface area contributed by atoms with Gasteiger partial charge in [-0.1, -0.05) is 51.0 Å². The van der Waals surface area contributed by atoms with E-state index in [0.717, 1.165) is 12.8 Å². The van der Waals surface area contributed by atoms with Gasteiger partial charge in [-0.05, 0) is 36.3 Å². The first kappa shape index (κ1) is 17.9. The van der Waals surface area contributed by atoms with Crippen LogP contribution in [0.5, 0.6) is 0 Å². The maximum absolute atomic E-state index is 12.7. The molecule has 0 aromatic heterocycles. The van der Waals surface area contributed by atoms with E-state index in [1.165, 1.54) is 24.0 Å². The van der Waals surface area contributed by atoms with Crippen molar-refractivity contribution in [1.29, 1.82) is 0 Å². The van der Waals surface area contributed by atoms with E-state index in [0.29, 0.717) is 13.0 Å². The summed E-state index contributed by atoms with van der Waals surface area (Å²) in [5.74, 6) is -0.0811. The lowest BCUT2D eigenvalue weighted by atomic mass is 9.94. The Morgan fingerprint density at radius 3 is 2.48 bits per heavy atom. The number of fused-ring (bicyclic) bond motifs is 1. The van der Waals surface area contributed by atoms with Crippen LogP contribution in [0.25, 0.3) is 0 Å². The summed E-state index contributed by atoms with van der Waals surface area (Å²) in [6, 6.07) is 7.69. The summed E-state index contributed by atoms with van der Waals surface area (Å²) >= 11 is 0. The maximum atomic E-state index is 12.7. The molecule has 2 amide bonds. The Hall–Kier alpha value is -1.88. The van der Waals surface area contributed by atoms with Crippen LogP contribution in [0.3, 0.4) is 0 Å². The van der Waals surface area contributed by atoms with Crippen LogP contribution >= 0.6 is 0 Å². The minimum Gasteiger partial charge on any atom is -0.352 e.